The van der Waals surface area contributed by atoms with E-state index in [0.29, 0.717) is 28.9 Å². The number of aromatic nitrogens is 5. The number of nitriles is 1. The minimum atomic E-state index is 0.596. The number of hydrogen-bond donors (Lipinski definition) is 0. The van der Waals surface area contributed by atoms with Crippen molar-refractivity contribution < 1.29 is 0 Å². The number of rotatable bonds is 9. The Morgan fingerprint density at radius 2 is 0.597 bits per heavy atom. The van der Waals surface area contributed by atoms with Gasteiger partial charge < -0.3 is 0 Å². The summed E-state index contributed by atoms with van der Waals surface area (Å²) in [6.07, 6.45) is 0. The van der Waals surface area contributed by atoms with Crippen molar-refractivity contribution in [2.24, 2.45) is 0 Å². The molecule has 0 aliphatic rings. The second-order valence-electron chi connectivity index (χ2n) is 14.8. The van der Waals surface area contributed by atoms with Crippen LogP contribution in [-0.2, 0) is 0 Å². The van der Waals surface area contributed by atoms with Gasteiger partial charge >= 0.3 is 0 Å². The lowest BCUT2D eigenvalue weighted by atomic mass is 9.89. The fourth-order valence-electron chi connectivity index (χ4n) is 7.83. The van der Waals surface area contributed by atoms with Crippen LogP contribution in [0.15, 0.2) is 218 Å². The molecule has 290 valence electrons. The van der Waals surface area contributed by atoms with Crippen LogP contribution in [-0.4, -0.2) is 24.9 Å². The standard InChI is InChI=1S/C56H36N6/c57-37-38-18-16-25-42(34-38)46-29-11-14-32-49(46)51-36-52(59-53(58-51)39-19-4-1-5-20-39)50-33-15-13-31-48(50)47-30-12-10-28-45(47)43-26-17-27-44(35-43)56-61-54(40-21-6-2-7-22-40)60-55(62-56)41-23-8-3-9-24-41/h1-36H. The third kappa shape index (κ3) is 7.66. The molecule has 6 heteroatoms. The molecule has 0 radical (unpaired) electrons. The van der Waals surface area contributed by atoms with Gasteiger partial charge in [-0.3, -0.25) is 0 Å². The Hall–Kier alpha value is -8.66. The third-order valence-corrected chi connectivity index (χ3v) is 10.8. The van der Waals surface area contributed by atoms with Crippen LogP contribution in [0.25, 0.3) is 101 Å². The monoisotopic (exact) mass is 792 g/mol. The maximum Gasteiger partial charge on any atom is 0.164 e. The lowest BCUT2D eigenvalue weighted by molar-refractivity contribution is 1.07. The minimum Gasteiger partial charge on any atom is -0.228 e. The summed E-state index contributed by atoms with van der Waals surface area (Å²) in [5.74, 6) is 2.45. The average Bonchev–Trinajstić information content (AvgIpc) is 3.37. The Kier molecular flexibility index (Phi) is 10.3. The summed E-state index contributed by atoms with van der Waals surface area (Å²) in [7, 11) is 0. The van der Waals surface area contributed by atoms with Crippen molar-refractivity contribution >= 4 is 0 Å². The molecule has 0 amide bonds. The van der Waals surface area contributed by atoms with E-state index in [4.69, 9.17) is 24.9 Å². The van der Waals surface area contributed by atoms with Crippen molar-refractivity contribution in [3.63, 3.8) is 0 Å². The van der Waals surface area contributed by atoms with Crippen LogP contribution in [0.4, 0.5) is 0 Å². The van der Waals surface area contributed by atoms with Gasteiger partial charge in [-0.25, -0.2) is 24.9 Å². The van der Waals surface area contributed by atoms with E-state index in [1.807, 2.05) is 127 Å². The van der Waals surface area contributed by atoms with Gasteiger partial charge in [0.1, 0.15) is 0 Å². The molecule has 0 bridgehead atoms. The normalized spacial score (nSPS) is 10.9. The topological polar surface area (TPSA) is 88.2 Å². The molecular weight excluding hydrogens is 757 g/mol. The van der Waals surface area contributed by atoms with Crippen molar-refractivity contribution in [1.29, 1.82) is 5.26 Å². The molecule has 10 aromatic rings. The Labute approximate surface area is 360 Å². The summed E-state index contributed by atoms with van der Waals surface area (Å²) in [4.78, 5) is 25.4. The number of benzene rings is 8. The lowest BCUT2D eigenvalue weighted by Gasteiger charge is -2.17. The molecule has 2 aromatic heterocycles. The molecule has 0 atom stereocenters. The van der Waals surface area contributed by atoms with E-state index in [2.05, 4.69) is 97.1 Å². The van der Waals surface area contributed by atoms with Crippen molar-refractivity contribution in [2.45, 2.75) is 0 Å². The van der Waals surface area contributed by atoms with E-state index < -0.39 is 0 Å². The zero-order valence-electron chi connectivity index (χ0n) is 33.5. The van der Waals surface area contributed by atoms with Gasteiger partial charge in [0.25, 0.3) is 0 Å². The predicted molar refractivity (Wildman–Crippen MR) is 249 cm³/mol. The fraction of sp³-hybridized carbons (Fsp3) is 0. The first-order valence-electron chi connectivity index (χ1n) is 20.4. The first kappa shape index (κ1) is 37.6. The summed E-state index contributed by atoms with van der Waals surface area (Å²) in [6.45, 7) is 0. The maximum absolute atomic E-state index is 9.72. The maximum atomic E-state index is 9.72. The van der Waals surface area contributed by atoms with E-state index in [-0.39, 0.29) is 0 Å². The number of nitrogens with zero attached hydrogens (tertiary/aromatic N) is 6. The Balaban J connectivity index is 1.11. The van der Waals surface area contributed by atoms with Gasteiger partial charge in [-0.2, -0.15) is 5.26 Å². The van der Waals surface area contributed by atoms with Gasteiger partial charge in [0.2, 0.25) is 0 Å². The van der Waals surface area contributed by atoms with Crippen molar-refractivity contribution in [3.8, 4) is 108 Å². The molecule has 0 saturated heterocycles. The largest absolute Gasteiger partial charge is 0.228 e. The molecule has 2 heterocycles. The first-order valence-corrected chi connectivity index (χ1v) is 20.4. The lowest BCUT2D eigenvalue weighted by Crippen LogP contribution is -2.00. The Bertz CT molecular complexity index is 3190. The summed E-state index contributed by atoms with van der Waals surface area (Å²) in [5, 5.41) is 9.72. The van der Waals surface area contributed by atoms with Gasteiger partial charge in [-0.15, -0.1) is 0 Å². The predicted octanol–water partition coefficient (Wildman–Crippen LogP) is 13.5. The zero-order valence-corrected chi connectivity index (χ0v) is 33.5. The Morgan fingerprint density at radius 3 is 1.11 bits per heavy atom. The third-order valence-electron chi connectivity index (χ3n) is 10.8. The molecule has 0 unspecified atom stereocenters. The molecular formula is C56H36N6. The van der Waals surface area contributed by atoms with Gasteiger partial charge in [-0.05, 0) is 57.6 Å². The molecule has 6 nitrogen and oxygen atoms in total. The van der Waals surface area contributed by atoms with Gasteiger partial charge in [0.05, 0.1) is 23.0 Å². The highest BCUT2D eigenvalue weighted by atomic mass is 15.0. The summed E-state index contributed by atoms with van der Waals surface area (Å²) < 4.78 is 0. The highest BCUT2D eigenvalue weighted by molar-refractivity contribution is 5.93. The van der Waals surface area contributed by atoms with Gasteiger partial charge in [-0.1, -0.05) is 194 Å². The molecule has 8 aromatic carbocycles. The van der Waals surface area contributed by atoms with E-state index >= 15 is 0 Å². The van der Waals surface area contributed by atoms with Crippen LogP contribution in [0.5, 0.6) is 0 Å². The Morgan fingerprint density at radius 1 is 0.258 bits per heavy atom. The van der Waals surface area contributed by atoms with Gasteiger partial charge in [0.15, 0.2) is 23.3 Å². The van der Waals surface area contributed by atoms with E-state index in [1.165, 1.54) is 0 Å². The van der Waals surface area contributed by atoms with E-state index in [0.717, 1.165) is 78.1 Å². The summed E-state index contributed by atoms with van der Waals surface area (Å²) in [5.41, 5.74) is 13.8. The quantitative estimate of drug-likeness (QED) is 0.145. The van der Waals surface area contributed by atoms with Crippen LogP contribution in [0.3, 0.4) is 0 Å². The average molecular weight is 793 g/mol. The van der Waals surface area contributed by atoms with E-state index in [1.54, 1.807) is 0 Å². The minimum absolute atomic E-state index is 0.596. The van der Waals surface area contributed by atoms with Crippen molar-refractivity contribution in [1.82, 2.24) is 24.9 Å². The molecule has 0 saturated carbocycles. The SMILES string of the molecule is N#Cc1cccc(-c2ccccc2-c2cc(-c3ccccc3-c3ccccc3-c3cccc(-c4nc(-c5ccccc5)nc(-c5ccccc5)n4)c3)nc(-c3ccccc3)n2)c1. The first-order chi connectivity index (χ1) is 30.7. The summed E-state index contributed by atoms with van der Waals surface area (Å²) >= 11 is 0. The van der Waals surface area contributed by atoms with Crippen molar-refractivity contribution in [2.75, 3.05) is 0 Å². The smallest absolute Gasteiger partial charge is 0.164 e. The zero-order chi connectivity index (χ0) is 41.7. The van der Waals surface area contributed by atoms with Crippen LogP contribution in [0.1, 0.15) is 5.56 Å². The van der Waals surface area contributed by atoms with E-state index in [9.17, 15) is 5.26 Å². The molecule has 0 aliphatic carbocycles. The molecule has 0 fully saturated rings. The van der Waals surface area contributed by atoms with Crippen LogP contribution >= 0.6 is 0 Å². The summed E-state index contributed by atoms with van der Waals surface area (Å²) in [6, 6.07) is 75.8. The van der Waals surface area contributed by atoms with Crippen LogP contribution in [0.2, 0.25) is 0 Å². The molecule has 0 spiro atoms. The highest BCUT2D eigenvalue weighted by Crippen LogP contribution is 2.41. The fourth-order valence-corrected chi connectivity index (χ4v) is 7.83. The molecule has 0 N–H and O–H groups in total. The highest BCUT2D eigenvalue weighted by Gasteiger charge is 2.19. The second kappa shape index (κ2) is 16.9. The molecule has 0 aliphatic heterocycles. The van der Waals surface area contributed by atoms with Crippen LogP contribution in [0, 0.1) is 11.3 Å². The molecule has 10 rings (SSSR count). The number of hydrogen-bond acceptors (Lipinski definition) is 6. The van der Waals surface area contributed by atoms with Crippen LogP contribution < -0.4 is 0 Å². The van der Waals surface area contributed by atoms with Crippen molar-refractivity contribution in [3.05, 3.63) is 224 Å². The second-order valence-corrected chi connectivity index (χ2v) is 14.8. The van der Waals surface area contributed by atoms with Gasteiger partial charge in [0, 0.05) is 33.4 Å². The molecule has 62 heavy (non-hydrogen) atoms.